The molecule has 0 aromatic heterocycles. The molecule has 0 fully saturated rings. The average Bonchev–Trinajstić information content (AvgIpc) is 2.50. The Kier molecular flexibility index (Phi) is 3.26. The Labute approximate surface area is 138 Å². The standard InChI is InChI=1S/C16H12ClN2OPS/c17-12-7-9-13(10-8-12)20-21(22)18-14-5-1-3-11-4-2-6-15(19-21)16(11)14/h1-10H,(H2,18,19,22). The Balaban J connectivity index is 1.74. The van der Waals surface area contributed by atoms with E-state index in [1.54, 1.807) is 12.1 Å². The van der Waals surface area contributed by atoms with E-state index in [0.29, 0.717) is 10.8 Å². The van der Waals surface area contributed by atoms with E-state index in [2.05, 4.69) is 22.3 Å². The lowest BCUT2D eigenvalue weighted by molar-refractivity contribution is 0.620. The zero-order valence-corrected chi connectivity index (χ0v) is 13.9. The Hall–Kier alpha value is -1.74. The predicted octanol–water partition coefficient (Wildman–Crippen LogP) is 5.63. The van der Waals surface area contributed by atoms with Crippen LogP contribution in [0.4, 0.5) is 11.4 Å². The summed E-state index contributed by atoms with van der Waals surface area (Å²) in [6, 6.07) is 19.5. The first-order valence-corrected chi connectivity index (χ1v) is 9.86. The summed E-state index contributed by atoms with van der Waals surface area (Å²) < 4.78 is 6.03. The summed E-state index contributed by atoms with van der Waals surface area (Å²) in [5.74, 6) is 0.694. The van der Waals surface area contributed by atoms with Crippen LogP contribution >= 0.6 is 18.2 Å². The third-order valence-electron chi connectivity index (χ3n) is 3.49. The van der Waals surface area contributed by atoms with Gasteiger partial charge in [0.2, 0.25) is 0 Å². The summed E-state index contributed by atoms with van der Waals surface area (Å²) in [6.07, 6.45) is 0. The first kappa shape index (κ1) is 13.9. The second-order valence-electron chi connectivity index (χ2n) is 5.03. The number of hydrogen-bond acceptors (Lipinski definition) is 2. The molecule has 0 bridgehead atoms. The van der Waals surface area contributed by atoms with Crippen LogP contribution in [0.2, 0.25) is 5.02 Å². The molecule has 0 saturated carbocycles. The Bertz CT molecular complexity index is 869. The summed E-state index contributed by atoms with van der Waals surface area (Å²) in [7, 11) is 0. The highest BCUT2D eigenvalue weighted by molar-refractivity contribution is 8.13. The molecule has 0 aliphatic carbocycles. The minimum atomic E-state index is -2.45. The van der Waals surface area contributed by atoms with Crippen LogP contribution in [0.15, 0.2) is 60.7 Å². The molecule has 1 heterocycles. The summed E-state index contributed by atoms with van der Waals surface area (Å²) in [6.45, 7) is -2.45. The van der Waals surface area contributed by atoms with Crippen LogP contribution in [0.3, 0.4) is 0 Å². The molecule has 110 valence electrons. The highest BCUT2D eigenvalue weighted by atomic mass is 35.5. The van der Waals surface area contributed by atoms with E-state index in [0.717, 1.165) is 16.8 Å². The molecule has 1 aliphatic rings. The topological polar surface area (TPSA) is 33.3 Å². The fraction of sp³-hybridized carbons (Fsp3) is 0. The van der Waals surface area contributed by atoms with Crippen LogP contribution < -0.4 is 14.7 Å². The quantitative estimate of drug-likeness (QED) is 0.589. The van der Waals surface area contributed by atoms with Crippen molar-refractivity contribution in [3.63, 3.8) is 0 Å². The molecule has 3 nitrogen and oxygen atoms in total. The van der Waals surface area contributed by atoms with Gasteiger partial charge in [-0.1, -0.05) is 35.9 Å². The number of hydrogen-bond donors (Lipinski definition) is 2. The van der Waals surface area contributed by atoms with E-state index in [4.69, 9.17) is 27.9 Å². The number of benzene rings is 3. The van der Waals surface area contributed by atoms with Crippen LogP contribution in [0.1, 0.15) is 0 Å². The van der Waals surface area contributed by atoms with Crippen molar-refractivity contribution in [2.24, 2.45) is 0 Å². The van der Waals surface area contributed by atoms with E-state index in [-0.39, 0.29) is 0 Å². The molecule has 0 amide bonds. The Morgan fingerprint density at radius 3 is 2.05 bits per heavy atom. The van der Waals surface area contributed by atoms with Crippen LogP contribution in [-0.4, -0.2) is 0 Å². The number of anilines is 2. The maximum atomic E-state index is 6.03. The van der Waals surface area contributed by atoms with E-state index < -0.39 is 6.57 Å². The number of halogens is 1. The summed E-state index contributed by atoms with van der Waals surface area (Å²) in [4.78, 5) is 0. The maximum Gasteiger partial charge on any atom is 0.299 e. The van der Waals surface area contributed by atoms with Crippen LogP contribution in [0.5, 0.6) is 5.75 Å². The van der Waals surface area contributed by atoms with Gasteiger partial charge < -0.3 is 14.7 Å². The normalized spacial score (nSPS) is 15.0. The molecule has 3 aromatic rings. The highest BCUT2D eigenvalue weighted by Crippen LogP contribution is 2.53. The van der Waals surface area contributed by atoms with Crippen molar-refractivity contribution in [2.45, 2.75) is 0 Å². The molecule has 4 rings (SSSR count). The first-order chi connectivity index (χ1) is 10.6. The van der Waals surface area contributed by atoms with Gasteiger partial charge in [-0.15, -0.1) is 0 Å². The van der Waals surface area contributed by atoms with Crippen LogP contribution in [0.25, 0.3) is 10.8 Å². The van der Waals surface area contributed by atoms with Crippen LogP contribution in [0, 0.1) is 0 Å². The van der Waals surface area contributed by atoms with Crippen molar-refractivity contribution >= 4 is 52.1 Å². The van der Waals surface area contributed by atoms with Crippen molar-refractivity contribution in [1.29, 1.82) is 0 Å². The molecule has 22 heavy (non-hydrogen) atoms. The maximum absolute atomic E-state index is 6.03. The van der Waals surface area contributed by atoms with Gasteiger partial charge in [-0.3, -0.25) is 0 Å². The van der Waals surface area contributed by atoms with E-state index >= 15 is 0 Å². The van der Waals surface area contributed by atoms with Gasteiger partial charge in [0.1, 0.15) is 5.75 Å². The lowest BCUT2D eigenvalue weighted by atomic mass is 10.1. The second kappa shape index (κ2) is 5.17. The lowest BCUT2D eigenvalue weighted by Crippen LogP contribution is -2.15. The minimum absolute atomic E-state index is 0.670. The zero-order chi connectivity index (χ0) is 15.2. The van der Waals surface area contributed by atoms with Crippen molar-refractivity contribution in [1.82, 2.24) is 0 Å². The molecular formula is C16H12ClN2OPS. The van der Waals surface area contributed by atoms with E-state index in [1.165, 1.54) is 5.39 Å². The van der Waals surface area contributed by atoms with E-state index in [9.17, 15) is 0 Å². The van der Waals surface area contributed by atoms with Gasteiger partial charge in [0, 0.05) is 10.4 Å². The third kappa shape index (κ3) is 2.44. The van der Waals surface area contributed by atoms with Gasteiger partial charge in [-0.05, 0) is 53.6 Å². The largest absolute Gasteiger partial charge is 0.433 e. The molecule has 0 unspecified atom stereocenters. The predicted molar refractivity (Wildman–Crippen MR) is 97.6 cm³/mol. The fourth-order valence-corrected chi connectivity index (χ4v) is 5.11. The fourth-order valence-electron chi connectivity index (χ4n) is 2.56. The van der Waals surface area contributed by atoms with Gasteiger partial charge in [0.25, 0.3) is 6.57 Å². The van der Waals surface area contributed by atoms with Crippen molar-refractivity contribution < 1.29 is 4.52 Å². The summed E-state index contributed by atoms with van der Waals surface area (Å²) >= 11 is 11.6. The number of rotatable bonds is 2. The van der Waals surface area contributed by atoms with Crippen molar-refractivity contribution in [3.05, 3.63) is 65.7 Å². The average molecular weight is 347 g/mol. The Morgan fingerprint density at radius 2 is 1.45 bits per heavy atom. The smallest absolute Gasteiger partial charge is 0.299 e. The molecule has 0 atom stereocenters. The summed E-state index contributed by atoms with van der Waals surface area (Å²) in [5, 5.41) is 9.70. The van der Waals surface area contributed by atoms with Gasteiger partial charge in [-0.2, -0.15) is 0 Å². The minimum Gasteiger partial charge on any atom is -0.433 e. The molecule has 2 N–H and O–H groups in total. The van der Waals surface area contributed by atoms with Crippen molar-refractivity contribution in [2.75, 3.05) is 10.2 Å². The lowest BCUT2D eigenvalue weighted by Gasteiger charge is -2.31. The van der Waals surface area contributed by atoms with Gasteiger partial charge in [0.15, 0.2) is 0 Å². The zero-order valence-electron chi connectivity index (χ0n) is 11.4. The van der Waals surface area contributed by atoms with Gasteiger partial charge >= 0.3 is 0 Å². The number of nitrogens with one attached hydrogen (secondary N) is 2. The summed E-state index contributed by atoms with van der Waals surface area (Å²) in [5.41, 5.74) is 2.01. The molecule has 0 spiro atoms. The molecule has 6 heteroatoms. The highest BCUT2D eigenvalue weighted by Gasteiger charge is 2.26. The van der Waals surface area contributed by atoms with Crippen molar-refractivity contribution in [3.8, 4) is 5.75 Å². The molecule has 0 saturated heterocycles. The Morgan fingerprint density at radius 1 is 0.864 bits per heavy atom. The SMILES string of the molecule is S=P1(Oc2ccc(Cl)cc2)Nc2cccc3cccc(c23)N1. The molecular weight excluding hydrogens is 335 g/mol. The first-order valence-electron chi connectivity index (χ1n) is 6.76. The molecule has 3 aromatic carbocycles. The second-order valence-corrected chi connectivity index (χ2v) is 8.74. The molecule has 0 radical (unpaired) electrons. The van der Waals surface area contributed by atoms with Gasteiger partial charge in [0.05, 0.1) is 11.4 Å². The van der Waals surface area contributed by atoms with Gasteiger partial charge in [-0.25, -0.2) is 0 Å². The van der Waals surface area contributed by atoms with E-state index in [1.807, 2.05) is 36.4 Å². The monoisotopic (exact) mass is 346 g/mol. The molecule has 1 aliphatic heterocycles. The third-order valence-corrected chi connectivity index (χ3v) is 6.05. The van der Waals surface area contributed by atoms with Crippen LogP contribution in [-0.2, 0) is 11.8 Å².